The smallest absolute Gasteiger partial charge is 0.355 e. The minimum atomic E-state index is -0.657. The number of anilines is 2. The largest absolute Gasteiger partial charge is 0.466 e. The van der Waals surface area contributed by atoms with Gasteiger partial charge < -0.3 is 28.4 Å². The van der Waals surface area contributed by atoms with Crippen LogP contribution in [0.1, 0.15) is 0 Å². The fourth-order valence-electron chi connectivity index (χ4n) is 3.46. The molecule has 0 saturated carbocycles. The summed E-state index contributed by atoms with van der Waals surface area (Å²) in [7, 11) is 6.45. The summed E-state index contributed by atoms with van der Waals surface area (Å²) < 4.78 is 21.1. The van der Waals surface area contributed by atoms with E-state index in [1.165, 1.54) is 14.2 Å². The lowest BCUT2D eigenvalue weighted by molar-refractivity contribution is -0.140. The molecule has 0 saturated heterocycles. The Morgan fingerprint density at radius 1 is 1.03 bits per heavy atom. The molecule has 0 aliphatic carbocycles. The number of aromatic nitrogens is 1. The summed E-state index contributed by atoms with van der Waals surface area (Å²) in [6.45, 7) is 0.0139. The van der Waals surface area contributed by atoms with Gasteiger partial charge in [-0.1, -0.05) is 0 Å². The van der Waals surface area contributed by atoms with Gasteiger partial charge in [0, 0.05) is 31.0 Å². The molecule has 9 nitrogen and oxygen atoms in total. The van der Waals surface area contributed by atoms with Crippen LogP contribution in [0.2, 0.25) is 0 Å². The average Bonchev–Trinajstić information content (AvgIpc) is 3.26. The second-order valence-electron chi connectivity index (χ2n) is 7.33. The fourth-order valence-corrected chi connectivity index (χ4v) is 3.46. The number of esters is 2. The van der Waals surface area contributed by atoms with E-state index in [1.807, 2.05) is 43.3 Å². The summed E-state index contributed by atoms with van der Waals surface area (Å²) in [6.07, 6.45) is 0. The lowest BCUT2D eigenvalue weighted by atomic mass is 10.1. The normalized spacial score (nSPS) is 13.9. The molecule has 4 rings (SSSR count). The van der Waals surface area contributed by atoms with Crippen LogP contribution in [0.5, 0.6) is 0 Å². The van der Waals surface area contributed by atoms with E-state index in [-0.39, 0.29) is 24.6 Å². The first-order chi connectivity index (χ1) is 15.4. The van der Waals surface area contributed by atoms with Crippen molar-refractivity contribution in [1.82, 2.24) is 4.98 Å². The maximum absolute atomic E-state index is 12.5. The van der Waals surface area contributed by atoms with Gasteiger partial charge in [-0.05, 0) is 42.5 Å². The van der Waals surface area contributed by atoms with E-state index in [0.29, 0.717) is 22.7 Å². The summed E-state index contributed by atoms with van der Waals surface area (Å²) in [6, 6.07) is 13.2. The van der Waals surface area contributed by atoms with Gasteiger partial charge in [-0.25, -0.2) is 14.6 Å². The molecule has 0 atom stereocenters. The number of hydrogen-bond acceptors (Lipinski definition) is 9. The first-order valence-electron chi connectivity index (χ1n) is 9.86. The minimum Gasteiger partial charge on any atom is -0.466 e. The quantitative estimate of drug-likeness (QED) is 0.558. The van der Waals surface area contributed by atoms with Gasteiger partial charge in [0.15, 0.2) is 5.58 Å². The highest BCUT2D eigenvalue weighted by atomic mass is 16.5. The molecule has 9 heteroatoms. The maximum atomic E-state index is 12.5. The number of carbonyl (C=O) groups excluding carboxylic acids is 2. The standard InChI is InChI=1S/C23H23N3O6/c1-25(2)15-7-5-14(6-8-15)21-24-18-11-16(9-10-19(18)32-21)26-13-31-12-17(22(27)29-3)20(26)23(28)30-4/h5-11H,12-13H2,1-4H3. The summed E-state index contributed by atoms with van der Waals surface area (Å²) in [5.41, 5.74) is 3.87. The Hall–Kier alpha value is -3.85. The van der Waals surface area contributed by atoms with E-state index in [9.17, 15) is 9.59 Å². The van der Waals surface area contributed by atoms with Gasteiger partial charge in [0.2, 0.25) is 5.89 Å². The van der Waals surface area contributed by atoms with Crippen molar-refractivity contribution < 1.29 is 28.2 Å². The molecule has 1 aliphatic heterocycles. The lowest BCUT2D eigenvalue weighted by Gasteiger charge is -2.31. The van der Waals surface area contributed by atoms with Crippen molar-refractivity contribution >= 4 is 34.4 Å². The summed E-state index contributed by atoms with van der Waals surface area (Å²) in [5.74, 6) is -0.826. The number of oxazole rings is 1. The molecule has 0 radical (unpaired) electrons. The minimum absolute atomic E-state index is 0.0487. The van der Waals surface area contributed by atoms with Crippen LogP contribution in [0.3, 0.4) is 0 Å². The van der Waals surface area contributed by atoms with Crippen LogP contribution in [0.25, 0.3) is 22.6 Å². The Morgan fingerprint density at radius 3 is 2.41 bits per heavy atom. The molecule has 2 heterocycles. The Balaban J connectivity index is 1.73. The van der Waals surface area contributed by atoms with Gasteiger partial charge in [0.25, 0.3) is 0 Å². The molecule has 1 aromatic heterocycles. The van der Waals surface area contributed by atoms with Gasteiger partial charge in [-0.15, -0.1) is 0 Å². The van der Waals surface area contributed by atoms with Crippen molar-refractivity contribution in [2.24, 2.45) is 0 Å². The monoisotopic (exact) mass is 437 g/mol. The van der Waals surface area contributed by atoms with Crippen LogP contribution in [0.4, 0.5) is 11.4 Å². The number of ether oxygens (including phenoxy) is 3. The molecule has 3 aromatic rings. The summed E-state index contributed by atoms with van der Waals surface area (Å²) in [5, 5.41) is 0. The number of nitrogens with zero attached hydrogens (tertiary/aromatic N) is 3. The van der Waals surface area contributed by atoms with Crippen molar-refractivity contribution in [3.8, 4) is 11.5 Å². The molecule has 2 aromatic carbocycles. The van der Waals surface area contributed by atoms with E-state index >= 15 is 0 Å². The SMILES string of the molecule is COC(=O)C1=C(C(=O)OC)N(c2ccc3oc(-c4ccc(N(C)C)cc4)nc3c2)COC1. The van der Waals surface area contributed by atoms with E-state index in [4.69, 9.17) is 18.6 Å². The van der Waals surface area contributed by atoms with E-state index in [1.54, 1.807) is 23.1 Å². The van der Waals surface area contributed by atoms with Crippen LogP contribution in [0, 0.1) is 0 Å². The van der Waals surface area contributed by atoms with Crippen molar-refractivity contribution in [2.75, 3.05) is 51.5 Å². The van der Waals surface area contributed by atoms with Gasteiger partial charge in [-0.3, -0.25) is 0 Å². The third kappa shape index (κ3) is 3.90. The molecule has 1 aliphatic rings. The van der Waals surface area contributed by atoms with Crippen molar-refractivity contribution in [2.45, 2.75) is 0 Å². The highest BCUT2D eigenvalue weighted by Gasteiger charge is 2.32. The Morgan fingerprint density at radius 2 is 1.75 bits per heavy atom. The number of hydrogen-bond donors (Lipinski definition) is 0. The third-order valence-electron chi connectivity index (χ3n) is 5.15. The summed E-state index contributed by atoms with van der Waals surface area (Å²) >= 11 is 0. The molecule has 0 N–H and O–H groups in total. The van der Waals surface area contributed by atoms with Crippen LogP contribution >= 0.6 is 0 Å². The Bertz CT molecular complexity index is 1200. The van der Waals surface area contributed by atoms with Gasteiger partial charge >= 0.3 is 11.9 Å². The Kier molecular flexibility index (Phi) is 5.83. The van der Waals surface area contributed by atoms with E-state index in [2.05, 4.69) is 4.98 Å². The van der Waals surface area contributed by atoms with Crippen molar-refractivity contribution in [3.63, 3.8) is 0 Å². The molecular weight excluding hydrogens is 414 g/mol. The average molecular weight is 437 g/mol. The van der Waals surface area contributed by atoms with Crippen LogP contribution in [0.15, 0.2) is 58.2 Å². The van der Waals surface area contributed by atoms with E-state index < -0.39 is 11.9 Å². The highest BCUT2D eigenvalue weighted by molar-refractivity contribution is 6.03. The molecule has 0 spiro atoms. The Labute approximate surface area is 184 Å². The van der Waals surface area contributed by atoms with Gasteiger partial charge in [-0.2, -0.15) is 0 Å². The number of methoxy groups -OCH3 is 2. The molecule has 0 unspecified atom stereocenters. The number of fused-ring (bicyclic) bond motifs is 1. The molecule has 0 bridgehead atoms. The number of rotatable bonds is 5. The fraction of sp³-hybridized carbons (Fsp3) is 0.261. The predicted octanol–water partition coefficient (Wildman–Crippen LogP) is 2.96. The third-order valence-corrected chi connectivity index (χ3v) is 5.15. The zero-order valence-corrected chi connectivity index (χ0v) is 18.2. The molecule has 0 fully saturated rings. The summed E-state index contributed by atoms with van der Waals surface area (Å²) in [4.78, 5) is 32.8. The van der Waals surface area contributed by atoms with Crippen molar-refractivity contribution in [3.05, 3.63) is 53.7 Å². The van der Waals surface area contributed by atoms with Crippen LogP contribution in [-0.2, 0) is 23.8 Å². The van der Waals surface area contributed by atoms with Crippen LogP contribution < -0.4 is 9.80 Å². The lowest BCUT2D eigenvalue weighted by Crippen LogP contribution is -2.38. The van der Waals surface area contributed by atoms with Crippen molar-refractivity contribution in [1.29, 1.82) is 0 Å². The first kappa shape index (κ1) is 21.4. The second-order valence-corrected chi connectivity index (χ2v) is 7.33. The molecule has 166 valence electrons. The van der Waals surface area contributed by atoms with Crippen LogP contribution in [-0.4, -0.2) is 58.6 Å². The maximum Gasteiger partial charge on any atom is 0.355 e. The molecule has 0 amide bonds. The van der Waals surface area contributed by atoms with Gasteiger partial charge in [0.1, 0.15) is 17.9 Å². The number of benzene rings is 2. The number of carbonyl (C=O) groups is 2. The first-order valence-corrected chi connectivity index (χ1v) is 9.86. The zero-order chi connectivity index (χ0) is 22.8. The second kappa shape index (κ2) is 8.72. The van der Waals surface area contributed by atoms with E-state index in [0.717, 1.165) is 11.3 Å². The van der Waals surface area contributed by atoms with Gasteiger partial charge in [0.05, 0.1) is 26.4 Å². The zero-order valence-electron chi connectivity index (χ0n) is 18.2. The molecule has 32 heavy (non-hydrogen) atoms. The highest BCUT2D eigenvalue weighted by Crippen LogP contribution is 2.31. The predicted molar refractivity (Wildman–Crippen MR) is 118 cm³/mol. The topological polar surface area (TPSA) is 94.3 Å². The molecular formula is C23H23N3O6.